The summed E-state index contributed by atoms with van der Waals surface area (Å²) in [5.41, 5.74) is 0.979. The van der Waals surface area contributed by atoms with Crippen LogP contribution in [0.1, 0.15) is 31.7 Å². The largest absolute Gasteiger partial charge is 0.353 e. The van der Waals surface area contributed by atoms with E-state index >= 15 is 0 Å². The lowest BCUT2D eigenvalue weighted by Gasteiger charge is -2.32. The summed E-state index contributed by atoms with van der Waals surface area (Å²) in [5, 5.41) is 3.14. The highest BCUT2D eigenvalue weighted by Gasteiger charge is 2.36. The molecule has 2 aliphatic rings. The molecule has 1 aliphatic carbocycles. The molecule has 1 heterocycles. The van der Waals surface area contributed by atoms with Crippen LogP contribution in [0.15, 0.2) is 24.3 Å². The quantitative estimate of drug-likeness (QED) is 0.924. The van der Waals surface area contributed by atoms with Crippen molar-refractivity contribution in [3.05, 3.63) is 35.6 Å². The zero-order valence-corrected chi connectivity index (χ0v) is 12.5. The minimum absolute atomic E-state index is 0.0834. The minimum atomic E-state index is -0.193. The third-order valence-corrected chi connectivity index (χ3v) is 4.61. The van der Waals surface area contributed by atoms with Crippen molar-refractivity contribution in [3.63, 3.8) is 0 Å². The van der Waals surface area contributed by atoms with Crippen LogP contribution < -0.4 is 5.32 Å². The first-order valence-corrected chi connectivity index (χ1v) is 7.89. The van der Waals surface area contributed by atoms with Crippen molar-refractivity contribution in [2.24, 2.45) is 11.8 Å². The van der Waals surface area contributed by atoms with Gasteiger partial charge in [-0.3, -0.25) is 9.69 Å². The van der Waals surface area contributed by atoms with Crippen LogP contribution in [-0.4, -0.2) is 29.9 Å². The zero-order chi connectivity index (χ0) is 14.8. The Morgan fingerprint density at radius 1 is 1.48 bits per heavy atom. The SMILES string of the molecule is CC1CC1NC(=O)C1CCCN(Cc2cccc(F)c2)C1. The molecule has 3 atom stereocenters. The van der Waals surface area contributed by atoms with Crippen molar-refractivity contribution in [1.82, 2.24) is 10.2 Å². The first-order chi connectivity index (χ1) is 10.1. The molecule has 3 unspecified atom stereocenters. The third kappa shape index (κ3) is 3.82. The summed E-state index contributed by atoms with van der Waals surface area (Å²) < 4.78 is 13.2. The highest BCUT2D eigenvalue weighted by atomic mass is 19.1. The van der Waals surface area contributed by atoms with E-state index in [0.717, 1.165) is 44.5 Å². The Labute approximate surface area is 125 Å². The molecule has 4 heteroatoms. The maximum Gasteiger partial charge on any atom is 0.224 e. The molecule has 0 bridgehead atoms. The van der Waals surface area contributed by atoms with Crippen LogP contribution in [0.4, 0.5) is 4.39 Å². The van der Waals surface area contributed by atoms with Gasteiger partial charge in [0.1, 0.15) is 5.82 Å². The standard InChI is InChI=1S/C17H23FN2O/c1-12-8-16(12)19-17(21)14-5-3-7-20(11-14)10-13-4-2-6-15(18)9-13/h2,4,6,9,12,14,16H,3,5,7-8,10-11H2,1H3,(H,19,21). The average molecular weight is 290 g/mol. The van der Waals surface area contributed by atoms with Crippen LogP contribution in [0.5, 0.6) is 0 Å². The molecular weight excluding hydrogens is 267 g/mol. The van der Waals surface area contributed by atoms with Crippen LogP contribution in [0.2, 0.25) is 0 Å². The highest BCUT2D eigenvalue weighted by Crippen LogP contribution is 2.30. The van der Waals surface area contributed by atoms with Gasteiger partial charge in [0.2, 0.25) is 5.91 Å². The fourth-order valence-corrected chi connectivity index (χ4v) is 3.13. The van der Waals surface area contributed by atoms with E-state index in [4.69, 9.17) is 0 Å². The average Bonchev–Trinajstić information content (AvgIpc) is 3.14. The molecule has 21 heavy (non-hydrogen) atoms. The Morgan fingerprint density at radius 2 is 2.29 bits per heavy atom. The molecule has 1 amide bonds. The summed E-state index contributed by atoms with van der Waals surface area (Å²) in [7, 11) is 0. The predicted octanol–water partition coefficient (Wildman–Crippen LogP) is 2.56. The van der Waals surface area contributed by atoms with Crippen LogP contribution >= 0.6 is 0 Å². The molecule has 1 aromatic rings. The van der Waals surface area contributed by atoms with E-state index in [1.54, 1.807) is 12.1 Å². The zero-order valence-electron chi connectivity index (χ0n) is 12.5. The first kappa shape index (κ1) is 14.5. The molecule has 0 spiro atoms. The van der Waals surface area contributed by atoms with E-state index in [1.807, 2.05) is 6.07 Å². The van der Waals surface area contributed by atoms with Crippen molar-refractivity contribution in [3.8, 4) is 0 Å². The lowest BCUT2D eigenvalue weighted by atomic mass is 9.96. The van der Waals surface area contributed by atoms with Gasteiger partial charge in [0.25, 0.3) is 0 Å². The second-order valence-electron chi connectivity index (χ2n) is 6.53. The molecule has 3 nitrogen and oxygen atoms in total. The number of carbonyl (C=O) groups excluding carboxylic acids is 1. The molecule has 1 aliphatic heterocycles. The number of amides is 1. The molecule has 1 aromatic carbocycles. The Balaban J connectivity index is 1.54. The maximum atomic E-state index is 13.2. The Hall–Kier alpha value is -1.42. The van der Waals surface area contributed by atoms with E-state index in [0.29, 0.717) is 12.0 Å². The maximum absolute atomic E-state index is 13.2. The lowest BCUT2D eigenvalue weighted by molar-refractivity contribution is -0.127. The molecule has 2 fully saturated rings. The topological polar surface area (TPSA) is 32.3 Å². The fraction of sp³-hybridized carbons (Fsp3) is 0.588. The van der Waals surface area contributed by atoms with Crippen molar-refractivity contribution < 1.29 is 9.18 Å². The monoisotopic (exact) mass is 290 g/mol. The molecular formula is C17H23FN2O. The van der Waals surface area contributed by atoms with Gasteiger partial charge in [-0.25, -0.2) is 4.39 Å². The molecule has 1 saturated carbocycles. The van der Waals surface area contributed by atoms with Crippen molar-refractivity contribution in [2.45, 2.75) is 38.8 Å². The van der Waals surface area contributed by atoms with E-state index in [2.05, 4.69) is 17.1 Å². The third-order valence-electron chi connectivity index (χ3n) is 4.61. The Bertz CT molecular complexity index is 519. The minimum Gasteiger partial charge on any atom is -0.353 e. The van der Waals surface area contributed by atoms with Crippen LogP contribution in [0, 0.1) is 17.7 Å². The number of rotatable bonds is 4. The van der Waals surface area contributed by atoms with E-state index in [1.165, 1.54) is 6.07 Å². The van der Waals surface area contributed by atoms with E-state index in [9.17, 15) is 9.18 Å². The van der Waals surface area contributed by atoms with Crippen LogP contribution in [-0.2, 0) is 11.3 Å². The summed E-state index contributed by atoms with van der Waals surface area (Å²) in [4.78, 5) is 14.5. The second-order valence-corrected chi connectivity index (χ2v) is 6.53. The summed E-state index contributed by atoms with van der Waals surface area (Å²) in [5.74, 6) is 0.732. The van der Waals surface area contributed by atoms with Crippen molar-refractivity contribution in [1.29, 1.82) is 0 Å². The van der Waals surface area contributed by atoms with Crippen molar-refractivity contribution in [2.75, 3.05) is 13.1 Å². The summed E-state index contributed by atoms with van der Waals surface area (Å²) in [6.45, 7) is 4.66. The van der Waals surface area contributed by atoms with Gasteiger partial charge < -0.3 is 5.32 Å². The number of carbonyl (C=O) groups is 1. The first-order valence-electron chi connectivity index (χ1n) is 7.89. The van der Waals surface area contributed by atoms with Crippen LogP contribution in [0.3, 0.4) is 0 Å². The van der Waals surface area contributed by atoms with Crippen LogP contribution in [0.25, 0.3) is 0 Å². The van der Waals surface area contributed by atoms with E-state index < -0.39 is 0 Å². The number of likely N-dealkylation sites (tertiary alicyclic amines) is 1. The van der Waals surface area contributed by atoms with Gasteiger partial charge in [-0.05, 0) is 49.4 Å². The molecule has 0 radical (unpaired) electrons. The predicted molar refractivity (Wildman–Crippen MR) is 80.1 cm³/mol. The van der Waals surface area contributed by atoms with Gasteiger partial charge in [-0.15, -0.1) is 0 Å². The smallest absolute Gasteiger partial charge is 0.224 e. The molecule has 114 valence electrons. The number of nitrogens with zero attached hydrogens (tertiary/aromatic N) is 1. The van der Waals surface area contributed by atoms with Crippen molar-refractivity contribution >= 4 is 5.91 Å². The fourth-order valence-electron chi connectivity index (χ4n) is 3.13. The lowest BCUT2D eigenvalue weighted by Crippen LogP contribution is -2.43. The molecule has 3 rings (SSSR count). The highest BCUT2D eigenvalue weighted by molar-refractivity contribution is 5.79. The molecule has 0 aromatic heterocycles. The molecule has 1 N–H and O–H groups in total. The summed E-state index contributed by atoms with van der Waals surface area (Å²) in [6, 6.07) is 7.13. The summed E-state index contributed by atoms with van der Waals surface area (Å²) in [6.07, 6.45) is 3.12. The number of piperidine rings is 1. The Kier molecular flexibility index (Phi) is 4.24. The normalized spacial score (nSPS) is 29.1. The van der Waals surface area contributed by atoms with Gasteiger partial charge in [-0.1, -0.05) is 19.1 Å². The number of benzene rings is 1. The van der Waals surface area contributed by atoms with Gasteiger partial charge in [0, 0.05) is 19.1 Å². The number of halogens is 1. The second kappa shape index (κ2) is 6.14. The van der Waals surface area contributed by atoms with Gasteiger partial charge >= 0.3 is 0 Å². The van der Waals surface area contributed by atoms with Gasteiger partial charge in [0.05, 0.1) is 5.92 Å². The Morgan fingerprint density at radius 3 is 3.00 bits per heavy atom. The summed E-state index contributed by atoms with van der Waals surface area (Å²) >= 11 is 0. The number of hydrogen-bond acceptors (Lipinski definition) is 2. The molecule has 1 saturated heterocycles. The number of hydrogen-bond donors (Lipinski definition) is 1. The van der Waals surface area contributed by atoms with Gasteiger partial charge in [0.15, 0.2) is 0 Å². The van der Waals surface area contributed by atoms with Gasteiger partial charge in [-0.2, -0.15) is 0 Å². The number of nitrogens with one attached hydrogen (secondary N) is 1. The van der Waals surface area contributed by atoms with E-state index in [-0.39, 0.29) is 17.6 Å².